The smallest absolute Gasteiger partial charge is 0.308 e. The molecule has 0 radical (unpaired) electrons. The van der Waals surface area contributed by atoms with Crippen molar-refractivity contribution in [1.82, 2.24) is 0 Å². The van der Waals surface area contributed by atoms with Crippen molar-refractivity contribution < 1.29 is 18.3 Å². The number of hydrogen-bond acceptors (Lipinski definition) is 3. The first-order valence-corrected chi connectivity index (χ1v) is 8.55. The lowest BCUT2D eigenvalue weighted by molar-refractivity contribution is -0.143. The maximum absolute atomic E-state index is 12.4. The van der Waals surface area contributed by atoms with E-state index in [1.165, 1.54) is 0 Å². The Kier molecular flexibility index (Phi) is 4.88. The third kappa shape index (κ3) is 3.84. The van der Waals surface area contributed by atoms with Crippen LogP contribution in [0, 0.1) is 5.92 Å². The van der Waals surface area contributed by atoms with E-state index in [0.29, 0.717) is 0 Å². The molecule has 0 heterocycles. The van der Waals surface area contributed by atoms with Gasteiger partial charge in [0.1, 0.15) is 0 Å². The molecule has 5 heteroatoms. The number of sulfone groups is 1. The normalized spacial score (nSPS) is 14.7. The minimum absolute atomic E-state index is 0.367. The van der Waals surface area contributed by atoms with Crippen molar-refractivity contribution >= 4 is 15.8 Å². The van der Waals surface area contributed by atoms with Crippen LogP contribution < -0.4 is 0 Å². The Bertz CT molecular complexity index is 595. The zero-order valence-corrected chi connectivity index (χ0v) is 14.1. The topological polar surface area (TPSA) is 71.4 Å². The fraction of sp³-hybridized carbons (Fsp3) is 0.562. The monoisotopic (exact) mass is 312 g/mol. The van der Waals surface area contributed by atoms with Crippen molar-refractivity contribution in [1.29, 1.82) is 0 Å². The van der Waals surface area contributed by atoms with Crippen molar-refractivity contribution in [2.24, 2.45) is 5.92 Å². The molecular weight excluding hydrogens is 288 g/mol. The molecule has 0 aliphatic carbocycles. The van der Waals surface area contributed by atoms with Gasteiger partial charge in [-0.3, -0.25) is 4.79 Å². The largest absolute Gasteiger partial charge is 0.481 e. The first-order valence-electron chi connectivity index (χ1n) is 6.90. The first kappa shape index (κ1) is 17.7. The zero-order chi connectivity index (χ0) is 16.5. The van der Waals surface area contributed by atoms with Gasteiger partial charge in [0, 0.05) is 5.41 Å². The van der Waals surface area contributed by atoms with Crippen LogP contribution in [0.5, 0.6) is 0 Å². The molecule has 0 bridgehead atoms. The van der Waals surface area contributed by atoms with Crippen LogP contribution in [0.4, 0.5) is 0 Å². The van der Waals surface area contributed by atoms with Crippen LogP contribution in [0.25, 0.3) is 0 Å². The molecule has 1 N–H and O–H groups in total. The molecule has 4 nitrogen and oxygen atoms in total. The molecule has 1 aromatic rings. The van der Waals surface area contributed by atoms with Gasteiger partial charge in [0.05, 0.1) is 16.4 Å². The van der Waals surface area contributed by atoms with Gasteiger partial charge in [-0.1, -0.05) is 44.2 Å². The molecule has 0 aliphatic rings. The SMILES string of the molecule is CC(C)(c1ccccc1)C(CS(=O)(=O)C(C)(C)C)C(=O)O. The summed E-state index contributed by atoms with van der Waals surface area (Å²) in [5.41, 5.74) is 0.0484. The standard InChI is InChI=1S/C16H24O4S/c1-15(2,3)21(19,20)11-13(14(17)18)16(4,5)12-9-7-6-8-10-12/h6-10,13H,11H2,1-5H3,(H,17,18). The molecule has 0 aromatic heterocycles. The van der Waals surface area contributed by atoms with Gasteiger partial charge in [0.15, 0.2) is 9.84 Å². The molecular formula is C16H24O4S. The van der Waals surface area contributed by atoms with E-state index in [1.807, 2.05) is 30.3 Å². The van der Waals surface area contributed by atoms with Crippen molar-refractivity contribution in [3.05, 3.63) is 35.9 Å². The number of benzene rings is 1. The maximum Gasteiger partial charge on any atom is 0.308 e. The number of aliphatic carboxylic acids is 1. The van der Waals surface area contributed by atoms with Gasteiger partial charge in [0.25, 0.3) is 0 Å². The van der Waals surface area contributed by atoms with Crippen molar-refractivity contribution in [2.45, 2.75) is 44.8 Å². The van der Waals surface area contributed by atoms with E-state index in [1.54, 1.807) is 34.6 Å². The molecule has 0 spiro atoms. The van der Waals surface area contributed by atoms with Crippen LogP contribution in [0.1, 0.15) is 40.2 Å². The quantitative estimate of drug-likeness (QED) is 0.907. The summed E-state index contributed by atoms with van der Waals surface area (Å²) in [5, 5.41) is 9.53. The fourth-order valence-corrected chi connectivity index (χ4v) is 3.62. The second-order valence-corrected chi connectivity index (χ2v) is 9.66. The van der Waals surface area contributed by atoms with Crippen LogP contribution >= 0.6 is 0 Å². The Morgan fingerprint density at radius 3 is 1.95 bits per heavy atom. The summed E-state index contributed by atoms with van der Waals surface area (Å²) in [5.74, 6) is -2.45. The van der Waals surface area contributed by atoms with Crippen LogP contribution in [0.2, 0.25) is 0 Å². The van der Waals surface area contributed by atoms with Crippen LogP contribution in [0.3, 0.4) is 0 Å². The lowest BCUT2D eigenvalue weighted by Crippen LogP contribution is -2.43. The predicted octanol–water partition coefficient (Wildman–Crippen LogP) is 2.88. The summed E-state index contributed by atoms with van der Waals surface area (Å²) in [6.45, 7) is 8.34. The van der Waals surface area contributed by atoms with E-state index in [4.69, 9.17) is 0 Å². The highest BCUT2D eigenvalue weighted by molar-refractivity contribution is 7.92. The van der Waals surface area contributed by atoms with E-state index < -0.39 is 31.9 Å². The van der Waals surface area contributed by atoms with Crippen molar-refractivity contribution in [2.75, 3.05) is 5.75 Å². The molecule has 1 unspecified atom stereocenters. The Morgan fingerprint density at radius 1 is 1.10 bits per heavy atom. The molecule has 0 aliphatic heterocycles. The summed E-state index contributed by atoms with van der Waals surface area (Å²) in [6, 6.07) is 9.17. The van der Waals surface area contributed by atoms with Gasteiger partial charge in [-0.2, -0.15) is 0 Å². The summed E-state index contributed by atoms with van der Waals surface area (Å²) in [4.78, 5) is 11.7. The molecule has 0 saturated heterocycles. The number of carbonyl (C=O) groups is 1. The van der Waals surface area contributed by atoms with Crippen molar-refractivity contribution in [3.8, 4) is 0 Å². The summed E-state index contributed by atoms with van der Waals surface area (Å²) < 4.78 is 23.8. The van der Waals surface area contributed by atoms with Gasteiger partial charge in [-0.15, -0.1) is 0 Å². The number of hydrogen-bond donors (Lipinski definition) is 1. The Morgan fingerprint density at radius 2 is 1.57 bits per heavy atom. The third-order valence-corrected chi connectivity index (χ3v) is 6.64. The van der Waals surface area contributed by atoms with E-state index >= 15 is 0 Å². The summed E-state index contributed by atoms with van der Waals surface area (Å²) >= 11 is 0. The maximum atomic E-state index is 12.4. The lowest BCUT2D eigenvalue weighted by Gasteiger charge is -2.33. The average Bonchev–Trinajstić information content (AvgIpc) is 2.35. The molecule has 0 fully saturated rings. The molecule has 1 rings (SSSR count). The summed E-state index contributed by atoms with van der Waals surface area (Å²) in [7, 11) is -3.51. The van der Waals surface area contributed by atoms with E-state index in [-0.39, 0.29) is 5.75 Å². The zero-order valence-electron chi connectivity index (χ0n) is 13.3. The van der Waals surface area contributed by atoms with E-state index in [2.05, 4.69) is 0 Å². The van der Waals surface area contributed by atoms with Gasteiger partial charge in [-0.25, -0.2) is 8.42 Å². The van der Waals surface area contributed by atoms with Gasteiger partial charge in [0.2, 0.25) is 0 Å². The Labute approximate surface area is 127 Å². The highest BCUT2D eigenvalue weighted by Gasteiger charge is 2.42. The molecule has 21 heavy (non-hydrogen) atoms. The number of carboxylic acid groups (broad SMARTS) is 1. The van der Waals surface area contributed by atoms with Crippen LogP contribution in [-0.4, -0.2) is 30.0 Å². The number of carboxylic acids is 1. The Hall–Kier alpha value is -1.36. The highest BCUT2D eigenvalue weighted by atomic mass is 32.2. The predicted molar refractivity (Wildman–Crippen MR) is 84.1 cm³/mol. The fourth-order valence-electron chi connectivity index (χ4n) is 2.13. The molecule has 1 atom stereocenters. The molecule has 0 saturated carbocycles. The lowest BCUT2D eigenvalue weighted by atomic mass is 9.74. The second-order valence-electron chi connectivity index (χ2n) is 6.87. The second kappa shape index (κ2) is 5.79. The number of rotatable bonds is 5. The van der Waals surface area contributed by atoms with Gasteiger partial charge < -0.3 is 5.11 Å². The van der Waals surface area contributed by atoms with Gasteiger partial charge >= 0.3 is 5.97 Å². The Balaban J connectivity index is 3.23. The van der Waals surface area contributed by atoms with Gasteiger partial charge in [-0.05, 0) is 26.3 Å². The molecule has 0 amide bonds. The van der Waals surface area contributed by atoms with Crippen LogP contribution in [0.15, 0.2) is 30.3 Å². The van der Waals surface area contributed by atoms with Crippen LogP contribution in [-0.2, 0) is 20.0 Å². The third-order valence-electron chi connectivity index (χ3n) is 4.01. The minimum Gasteiger partial charge on any atom is -0.481 e. The molecule has 118 valence electrons. The average molecular weight is 312 g/mol. The van der Waals surface area contributed by atoms with E-state index in [9.17, 15) is 18.3 Å². The summed E-state index contributed by atoms with van der Waals surface area (Å²) in [6.07, 6.45) is 0. The highest BCUT2D eigenvalue weighted by Crippen LogP contribution is 2.34. The molecule has 1 aromatic carbocycles. The first-order chi connectivity index (χ1) is 9.39. The van der Waals surface area contributed by atoms with Crippen molar-refractivity contribution in [3.63, 3.8) is 0 Å². The van der Waals surface area contributed by atoms with E-state index in [0.717, 1.165) is 5.56 Å². The minimum atomic E-state index is -3.51.